The molecule has 57 heavy (non-hydrogen) atoms. The van der Waals surface area contributed by atoms with Crippen LogP contribution in [0.3, 0.4) is 0 Å². The van der Waals surface area contributed by atoms with Crippen molar-refractivity contribution in [2.24, 2.45) is 0 Å². The van der Waals surface area contributed by atoms with Crippen molar-refractivity contribution in [1.29, 1.82) is 0 Å². The van der Waals surface area contributed by atoms with Crippen LogP contribution in [-0.2, 0) is 0 Å². The number of fused-ring (bicyclic) bond motifs is 12. The van der Waals surface area contributed by atoms with E-state index >= 15 is 0 Å². The van der Waals surface area contributed by atoms with Gasteiger partial charge in [0.05, 0.1) is 38.2 Å². The first-order valence-corrected chi connectivity index (χ1v) is 20.2. The molecule has 8 aromatic carbocycles. The summed E-state index contributed by atoms with van der Waals surface area (Å²) in [7, 11) is 0. The molecule has 0 saturated carbocycles. The fraction of sp³-hybridized carbons (Fsp3) is 0. The van der Waals surface area contributed by atoms with E-state index in [4.69, 9.17) is 4.98 Å². The largest absolute Gasteiger partial charge is 0.309 e. The first-order chi connectivity index (χ1) is 28.3. The molecule has 4 heteroatoms. The van der Waals surface area contributed by atoms with Gasteiger partial charge in [-0.1, -0.05) is 146 Å². The Hall–Kier alpha value is -7.27. The third-order valence-electron chi connectivity index (χ3n) is 11.5. The van der Waals surface area contributed by atoms with Crippen molar-refractivity contribution in [3.8, 4) is 45.0 Å². The van der Waals surface area contributed by atoms with Crippen molar-refractivity contribution in [3.63, 3.8) is 0 Å². The van der Waals surface area contributed by atoms with E-state index in [0.29, 0.717) is 0 Å². The van der Waals surface area contributed by atoms with Gasteiger partial charge in [0.15, 0.2) is 0 Å². The highest BCUT2D eigenvalue weighted by Crippen LogP contribution is 2.51. The van der Waals surface area contributed by atoms with Gasteiger partial charge in [-0.05, 0) is 65.7 Å². The Morgan fingerprint density at radius 2 is 0.825 bits per heavy atom. The van der Waals surface area contributed by atoms with Gasteiger partial charge < -0.3 is 9.13 Å². The second kappa shape index (κ2) is 12.6. The van der Waals surface area contributed by atoms with E-state index in [9.17, 15) is 0 Å². The number of thiophene rings is 1. The first kappa shape index (κ1) is 32.0. The molecule has 0 aliphatic rings. The summed E-state index contributed by atoms with van der Waals surface area (Å²) in [4.78, 5) is 5.24. The standard InChI is InChI=1S/C53H33N3S/c1-4-16-34(17-5-1)37-32-43(35-18-6-2-7-19-35)54-44(33-37)36-28-30-39(31-29-36)55-45-25-13-10-22-40(45)48-49-41-23-11-14-26-46(41)56(38-20-8-3-9-21-38)52(49)53-50(51(48)55)42-24-12-15-27-47(42)57-53/h1-33H. The molecule has 0 fully saturated rings. The summed E-state index contributed by atoms with van der Waals surface area (Å²) in [6.07, 6.45) is 0. The van der Waals surface area contributed by atoms with E-state index in [1.54, 1.807) is 0 Å². The predicted octanol–water partition coefficient (Wildman–Crippen LogP) is 14.6. The van der Waals surface area contributed by atoms with Gasteiger partial charge >= 0.3 is 0 Å². The summed E-state index contributed by atoms with van der Waals surface area (Å²) >= 11 is 1.90. The summed E-state index contributed by atoms with van der Waals surface area (Å²) in [5.74, 6) is 0. The van der Waals surface area contributed by atoms with Gasteiger partial charge in [-0.2, -0.15) is 0 Å². The third-order valence-corrected chi connectivity index (χ3v) is 12.7. The Kier molecular flexibility index (Phi) is 7.10. The Morgan fingerprint density at radius 3 is 1.47 bits per heavy atom. The second-order valence-electron chi connectivity index (χ2n) is 14.7. The average Bonchev–Trinajstić information content (AvgIpc) is 3.95. The number of benzene rings is 8. The molecule has 0 amide bonds. The molecule has 3 nitrogen and oxygen atoms in total. The maximum Gasteiger partial charge on any atom is 0.0727 e. The summed E-state index contributed by atoms with van der Waals surface area (Å²) in [5, 5.41) is 7.67. The lowest BCUT2D eigenvalue weighted by atomic mass is 10.00. The molecule has 4 aromatic heterocycles. The Morgan fingerprint density at radius 1 is 0.351 bits per heavy atom. The number of hydrogen-bond donors (Lipinski definition) is 0. The molecule has 266 valence electrons. The minimum Gasteiger partial charge on any atom is -0.309 e. The zero-order valence-electron chi connectivity index (χ0n) is 30.8. The van der Waals surface area contributed by atoms with Gasteiger partial charge in [-0.15, -0.1) is 11.3 Å². The van der Waals surface area contributed by atoms with Crippen molar-refractivity contribution < 1.29 is 0 Å². The molecule has 12 aromatic rings. The molecule has 12 rings (SSSR count). The van der Waals surface area contributed by atoms with Gasteiger partial charge in [0, 0.05) is 59.5 Å². The van der Waals surface area contributed by atoms with Gasteiger partial charge in [-0.25, -0.2) is 4.98 Å². The third kappa shape index (κ3) is 4.88. The van der Waals surface area contributed by atoms with Crippen molar-refractivity contribution in [1.82, 2.24) is 14.1 Å². The number of para-hydroxylation sites is 3. The number of pyridine rings is 1. The van der Waals surface area contributed by atoms with E-state index in [-0.39, 0.29) is 0 Å². The number of hydrogen-bond acceptors (Lipinski definition) is 2. The smallest absolute Gasteiger partial charge is 0.0727 e. The zero-order valence-corrected chi connectivity index (χ0v) is 31.6. The highest BCUT2D eigenvalue weighted by molar-refractivity contribution is 7.27. The van der Waals surface area contributed by atoms with E-state index in [1.807, 2.05) is 11.3 Å². The SMILES string of the molecule is c1ccc(-c2cc(-c3ccccc3)nc(-c3ccc(-n4c5ccccc5c5c6c7ccccc7n(-c7ccccc7)c6c6sc7ccccc7c6c54)cc3)c2)cc1. The summed E-state index contributed by atoms with van der Waals surface area (Å²) in [6.45, 7) is 0. The predicted molar refractivity (Wildman–Crippen MR) is 242 cm³/mol. The molecular formula is C53H33N3S. The number of nitrogens with zero attached hydrogens (tertiary/aromatic N) is 3. The molecule has 0 aliphatic heterocycles. The lowest BCUT2D eigenvalue weighted by Crippen LogP contribution is -1.96. The normalized spacial score (nSPS) is 11.9. The van der Waals surface area contributed by atoms with Crippen LogP contribution in [0.15, 0.2) is 200 Å². The summed E-state index contributed by atoms with van der Waals surface area (Å²) in [6, 6.07) is 72.1. The number of rotatable bonds is 5. The Balaban J connectivity index is 1.16. The van der Waals surface area contributed by atoms with Gasteiger partial charge in [0.2, 0.25) is 0 Å². The minimum absolute atomic E-state index is 0.950. The lowest BCUT2D eigenvalue weighted by molar-refractivity contribution is 1.18. The van der Waals surface area contributed by atoms with Crippen LogP contribution in [0.25, 0.3) is 109 Å². The second-order valence-corrected chi connectivity index (χ2v) is 15.7. The molecular weight excluding hydrogens is 711 g/mol. The van der Waals surface area contributed by atoms with Crippen LogP contribution in [0, 0.1) is 0 Å². The highest BCUT2D eigenvalue weighted by Gasteiger charge is 2.26. The van der Waals surface area contributed by atoms with Crippen molar-refractivity contribution in [2.45, 2.75) is 0 Å². The fourth-order valence-electron chi connectivity index (χ4n) is 9.01. The molecule has 0 saturated heterocycles. The molecule has 0 radical (unpaired) electrons. The molecule has 0 bridgehead atoms. The van der Waals surface area contributed by atoms with Gasteiger partial charge in [0.1, 0.15) is 0 Å². The molecule has 0 aliphatic carbocycles. The van der Waals surface area contributed by atoms with Crippen LogP contribution < -0.4 is 0 Å². The van der Waals surface area contributed by atoms with Crippen LogP contribution >= 0.6 is 11.3 Å². The molecule has 0 N–H and O–H groups in total. The quantitative estimate of drug-likeness (QED) is 0.172. The summed E-state index contributed by atoms with van der Waals surface area (Å²) < 4.78 is 7.59. The summed E-state index contributed by atoms with van der Waals surface area (Å²) in [5.41, 5.74) is 13.6. The van der Waals surface area contributed by atoms with Crippen molar-refractivity contribution >= 4 is 75.1 Å². The van der Waals surface area contributed by atoms with Crippen LogP contribution in [0.1, 0.15) is 0 Å². The van der Waals surface area contributed by atoms with E-state index in [1.165, 1.54) is 75.0 Å². The zero-order chi connectivity index (χ0) is 37.5. The topological polar surface area (TPSA) is 22.8 Å². The van der Waals surface area contributed by atoms with Gasteiger partial charge in [-0.3, -0.25) is 0 Å². The van der Waals surface area contributed by atoms with Crippen LogP contribution in [-0.4, -0.2) is 14.1 Å². The molecule has 0 unspecified atom stereocenters. The van der Waals surface area contributed by atoms with Gasteiger partial charge in [0.25, 0.3) is 0 Å². The fourth-order valence-corrected chi connectivity index (χ4v) is 10.3. The minimum atomic E-state index is 0.950. The Bertz CT molecular complexity index is 3430. The number of aromatic nitrogens is 3. The maximum absolute atomic E-state index is 5.24. The maximum atomic E-state index is 5.24. The van der Waals surface area contributed by atoms with E-state index in [0.717, 1.165) is 33.8 Å². The van der Waals surface area contributed by atoms with Crippen molar-refractivity contribution in [3.05, 3.63) is 200 Å². The average molecular weight is 744 g/mol. The van der Waals surface area contributed by atoms with E-state index in [2.05, 4.69) is 209 Å². The Labute approximate surface area is 333 Å². The van der Waals surface area contributed by atoms with Crippen LogP contribution in [0.5, 0.6) is 0 Å². The lowest BCUT2D eigenvalue weighted by Gasteiger charge is -2.13. The molecule has 0 spiro atoms. The van der Waals surface area contributed by atoms with Crippen LogP contribution in [0.2, 0.25) is 0 Å². The highest BCUT2D eigenvalue weighted by atomic mass is 32.1. The monoisotopic (exact) mass is 743 g/mol. The van der Waals surface area contributed by atoms with E-state index < -0.39 is 0 Å². The van der Waals surface area contributed by atoms with Crippen LogP contribution in [0.4, 0.5) is 0 Å². The van der Waals surface area contributed by atoms with Crippen molar-refractivity contribution in [2.75, 3.05) is 0 Å². The molecule has 0 atom stereocenters. The molecule has 4 heterocycles. The first-order valence-electron chi connectivity index (χ1n) is 19.4.